The van der Waals surface area contributed by atoms with E-state index in [4.69, 9.17) is 16.1 Å². The maximum atomic E-state index is 6.03. The third-order valence-electron chi connectivity index (χ3n) is 4.41. The van der Waals surface area contributed by atoms with E-state index in [1.54, 1.807) is 19.2 Å². The fourth-order valence-corrected chi connectivity index (χ4v) is 3.29. The first-order valence-corrected chi connectivity index (χ1v) is 9.78. The first-order chi connectivity index (χ1) is 13.9. The van der Waals surface area contributed by atoms with Crippen molar-refractivity contribution in [3.05, 3.63) is 52.6 Å². The van der Waals surface area contributed by atoms with E-state index in [1.807, 2.05) is 42.0 Å². The quantitative estimate of drug-likeness (QED) is 0.490. The van der Waals surface area contributed by atoms with E-state index in [9.17, 15) is 0 Å². The molecular weight excluding hydrogens is 390 g/mol. The van der Waals surface area contributed by atoms with Gasteiger partial charge in [-0.3, -0.25) is 9.67 Å². The van der Waals surface area contributed by atoms with E-state index in [1.165, 1.54) is 5.56 Å². The second kappa shape index (κ2) is 9.09. The number of benzene rings is 1. The van der Waals surface area contributed by atoms with Crippen molar-refractivity contribution in [1.82, 2.24) is 30.1 Å². The average molecular weight is 416 g/mol. The Bertz CT molecular complexity index is 992. The third kappa shape index (κ3) is 5.14. The Morgan fingerprint density at radius 1 is 1.38 bits per heavy atom. The van der Waals surface area contributed by atoms with Gasteiger partial charge in [-0.1, -0.05) is 42.7 Å². The van der Waals surface area contributed by atoms with Crippen molar-refractivity contribution in [3.8, 4) is 11.4 Å². The average Bonchev–Trinajstić information content (AvgIpc) is 3.29. The van der Waals surface area contributed by atoms with Crippen LogP contribution in [0.2, 0.25) is 5.02 Å². The van der Waals surface area contributed by atoms with Gasteiger partial charge in [0.25, 0.3) is 0 Å². The number of aryl methyl sites for hydroxylation is 1. The van der Waals surface area contributed by atoms with Crippen LogP contribution < -0.4 is 5.32 Å². The Morgan fingerprint density at radius 3 is 2.86 bits per heavy atom. The Labute approximate surface area is 175 Å². The highest BCUT2D eigenvalue weighted by atomic mass is 35.5. The summed E-state index contributed by atoms with van der Waals surface area (Å²) < 4.78 is 7.20. The summed E-state index contributed by atoms with van der Waals surface area (Å²) in [6.45, 7) is 5.35. The molecule has 3 aromatic rings. The lowest BCUT2D eigenvalue weighted by atomic mass is 10.1. The zero-order valence-corrected chi connectivity index (χ0v) is 18.1. The fourth-order valence-electron chi connectivity index (χ4n) is 3.10. The number of hydrogen-bond donors (Lipinski definition) is 1. The molecule has 0 unspecified atom stereocenters. The van der Waals surface area contributed by atoms with Gasteiger partial charge in [0.1, 0.15) is 0 Å². The maximum absolute atomic E-state index is 6.03. The van der Waals surface area contributed by atoms with Crippen LogP contribution >= 0.6 is 11.6 Å². The van der Waals surface area contributed by atoms with Crippen LogP contribution in [-0.4, -0.2) is 44.9 Å². The van der Waals surface area contributed by atoms with E-state index in [0.29, 0.717) is 35.7 Å². The Kier molecular flexibility index (Phi) is 6.53. The van der Waals surface area contributed by atoms with Gasteiger partial charge in [-0.15, -0.1) is 0 Å². The van der Waals surface area contributed by atoms with Crippen molar-refractivity contribution in [2.24, 2.45) is 12.0 Å². The summed E-state index contributed by atoms with van der Waals surface area (Å²) in [5.74, 6) is 2.06. The predicted octanol–water partition coefficient (Wildman–Crippen LogP) is 3.45. The van der Waals surface area contributed by atoms with Crippen LogP contribution in [0.1, 0.15) is 36.9 Å². The summed E-state index contributed by atoms with van der Waals surface area (Å²) in [4.78, 5) is 10.8. The highest BCUT2D eigenvalue weighted by Crippen LogP contribution is 2.20. The first kappa shape index (κ1) is 20.9. The molecule has 0 atom stereocenters. The van der Waals surface area contributed by atoms with Gasteiger partial charge in [-0.2, -0.15) is 10.1 Å². The molecule has 154 valence electrons. The zero-order valence-electron chi connectivity index (χ0n) is 17.3. The van der Waals surface area contributed by atoms with E-state index < -0.39 is 0 Å². The molecule has 1 N–H and O–H groups in total. The molecule has 0 aliphatic heterocycles. The predicted molar refractivity (Wildman–Crippen MR) is 114 cm³/mol. The number of guanidine groups is 1. The Morgan fingerprint density at radius 2 is 2.17 bits per heavy atom. The van der Waals surface area contributed by atoms with Gasteiger partial charge in [0, 0.05) is 50.0 Å². The van der Waals surface area contributed by atoms with Crippen LogP contribution in [0, 0.1) is 0 Å². The van der Waals surface area contributed by atoms with Crippen molar-refractivity contribution in [3.63, 3.8) is 0 Å². The smallest absolute Gasteiger partial charge is 0.246 e. The van der Waals surface area contributed by atoms with Crippen LogP contribution in [0.5, 0.6) is 0 Å². The lowest BCUT2D eigenvalue weighted by Crippen LogP contribution is -2.38. The lowest BCUT2D eigenvalue weighted by Gasteiger charge is -2.21. The molecule has 2 heterocycles. The van der Waals surface area contributed by atoms with E-state index in [0.717, 1.165) is 17.2 Å². The molecule has 0 saturated carbocycles. The van der Waals surface area contributed by atoms with Crippen molar-refractivity contribution in [2.45, 2.75) is 32.9 Å². The monoisotopic (exact) mass is 415 g/mol. The molecule has 0 aliphatic carbocycles. The van der Waals surface area contributed by atoms with Crippen molar-refractivity contribution in [1.29, 1.82) is 0 Å². The number of hydrogen-bond acceptors (Lipinski definition) is 5. The van der Waals surface area contributed by atoms with Crippen molar-refractivity contribution < 1.29 is 4.52 Å². The Hall–Kier alpha value is -2.87. The molecule has 0 bridgehead atoms. The van der Waals surface area contributed by atoms with Crippen LogP contribution in [-0.2, 0) is 20.1 Å². The standard InChI is InChI=1S/C20H26ClN7O/c1-13(2)18-15(12-28(5)25-18)11-27(4)20(22-3)23-10-17-24-19(26-29-17)14-7-6-8-16(21)9-14/h6-9,12-13H,10-11H2,1-5H3,(H,22,23). The van der Waals surface area contributed by atoms with Gasteiger partial charge in [-0.25, -0.2) is 0 Å². The topological polar surface area (TPSA) is 84.4 Å². The lowest BCUT2D eigenvalue weighted by molar-refractivity contribution is 0.371. The molecule has 8 nitrogen and oxygen atoms in total. The van der Waals surface area contributed by atoms with Crippen molar-refractivity contribution >= 4 is 17.6 Å². The molecule has 0 radical (unpaired) electrons. The zero-order chi connectivity index (χ0) is 21.0. The molecule has 9 heteroatoms. The van der Waals surface area contributed by atoms with Gasteiger partial charge < -0.3 is 14.7 Å². The number of nitrogens with zero attached hydrogens (tertiary/aromatic N) is 6. The summed E-state index contributed by atoms with van der Waals surface area (Å²) in [6.07, 6.45) is 2.05. The first-order valence-electron chi connectivity index (χ1n) is 9.40. The molecule has 0 aliphatic rings. The number of halogens is 1. The van der Waals surface area contributed by atoms with E-state index in [2.05, 4.69) is 39.4 Å². The summed E-state index contributed by atoms with van der Waals surface area (Å²) in [5.41, 5.74) is 3.08. The highest BCUT2D eigenvalue weighted by Gasteiger charge is 2.16. The van der Waals surface area contributed by atoms with Crippen LogP contribution in [0.25, 0.3) is 11.4 Å². The fraction of sp³-hybridized carbons (Fsp3) is 0.400. The molecule has 3 rings (SSSR count). The molecule has 0 amide bonds. The highest BCUT2D eigenvalue weighted by molar-refractivity contribution is 6.30. The number of aliphatic imine (C=N–C) groups is 1. The molecular formula is C20H26ClN7O. The SMILES string of the molecule is CN=C(NCc1nc(-c2cccc(Cl)c2)no1)N(C)Cc1cn(C)nc1C(C)C. The minimum absolute atomic E-state index is 0.359. The number of aromatic nitrogens is 4. The molecule has 2 aromatic heterocycles. The summed E-state index contributed by atoms with van der Waals surface area (Å²) in [5, 5.41) is 12.5. The van der Waals surface area contributed by atoms with Gasteiger partial charge in [0.2, 0.25) is 11.7 Å². The Balaban J connectivity index is 1.64. The molecule has 0 spiro atoms. The van der Waals surface area contributed by atoms with Gasteiger partial charge in [0.15, 0.2) is 5.96 Å². The summed E-state index contributed by atoms with van der Waals surface area (Å²) >= 11 is 6.03. The van der Waals surface area contributed by atoms with Crippen LogP contribution in [0.15, 0.2) is 40.0 Å². The molecule has 0 fully saturated rings. The van der Waals surface area contributed by atoms with Crippen LogP contribution in [0.3, 0.4) is 0 Å². The largest absolute Gasteiger partial charge is 0.347 e. The normalized spacial score (nSPS) is 11.9. The number of nitrogens with one attached hydrogen (secondary N) is 1. The minimum Gasteiger partial charge on any atom is -0.347 e. The van der Waals surface area contributed by atoms with Crippen LogP contribution in [0.4, 0.5) is 0 Å². The van der Waals surface area contributed by atoms with Gasteiger partial charge in [0.05, 0.1) is 12.2 Å². The van der Waals surface area contributed by atoms with Crippen molar-refractivity contribution in [2.75, 3.05) is 14.1 Å². The molecule has 29 heavy (non-hydrogen) atoms. The van der Waals surface area contributed by atoms with Gasteiger partial charge in [-0.05, 0) is 18.1 Å². The maximum Gasteiger partial charge on any atom is 0.246 e. The molecule has 0 saturated heterocycles. The second-order valence-corrected chi connectivity index (χ2v) is 7.58. The summed E-state index contributed by atoms with van der Waals surface area (Å²) in [7, 11) is 5.67. The van der Waals surface area contributed by atoms with E-state index >= 15 is 0 Å². The second-order valence-electron chi connectivity index (χ2n) is 7.15. The summed E-state index contributed by atoms with van der Waals surface area (Å²) in [6, 6.07) is 7.35. The van der Waals surface area contributed by atoms with E-state index in [-0.39, 0.29) is 0 Å². The molecule has 1 aromatic carbocycles. The number of rotatable bonds is 6. The van der Waals surface area contributed by atoms with Gasteiger partial charge >= 0.3 is 0 Å². The minimum atomic E-state index is 0.359. The third-order valence-corrected chi connectivity index (χ3v) is 4.65.